The maximum atomic E-state index is 12.7. The van der Waals surface area contributed by atoms with E-state index in [9.17, 15) is 101 Å². The van der Waals surface area contributed by atoms with Crippen molar-refractivity contribution in [3.63, 3.8) is 0 Å². The molecule has 67 heavy (non-hydrogen) atoms. The molecule has 4 aliphatic rings. The molecule has 0 spiro atoms. The van der Waals surface area contributed by atoms with Gasteiger partial charge >= 0.3 is 5.97 Å². The number of carbonyl (C=O) groups is 3. The summed E-state index contributed by atoms with van der Waals surface area (Å²) in [7, 11) is 0. The third kappa shape index (κ3) is 13.1. The van der Waals surface area contributed by atoms with E-state index in [1.54, 1.807) is 0 Å². The molecule has 0 aromatic heterocycles. The van der Waals surface area contributed by atoms with Crippen molar-refractivity contribution in [2.24, 2.45) is 0 Å². The molecule has 0 aromatic carbocycles. The van der Waals surface area contributed by atoms with Gasteiger partial charge in [0.2, 0.25) is 11.8 Å². The third-order valence-corrected chi connectivity index (χ3v) is 11.7. The molecule has 4 saturated heterocycles. The fraction of sp³-hybridized carbons (Fsp3) is 0.919. The molecule has 390 valence electrons. The molecule has 19 N–H and O–H groups in total. The Morgan fingerprint density at radius 2 is 1.24 bits per heavy atom. The molecule has 0 aliphatic carbocycles. The predicted octanol–water partition coefficient (Wildman–Crippen LogP) is -11.8. The summed E-state index contributed by atoms with van der Waals surface area (Å²) >= 11 is 0. The number of hydrogen-bond acceptors (Lipinski definition) is 27. The van der Waals surface area contributed by atoms with Crippen LogP contribution in [0.1, 0.15) is 27.2 Å². The van der Waals surface area contributed by atoms with Gasteiger partial charge in [-0.05, 0) is 6.92 Å². The fourth-order valence-electron chi connectivity index (χ4n) is 7.94. The van der Waals surface area contributed by atoms with E-state index < -0.39 is 210 Å². The molecule has 4 aliphatic heterocycles. The summed E-state index contributed by atoms with van der Waals surface area (Å²) in [5.74, 6) is -6.77. The van der Waals surface area contributed by atoms with Crippen molar-refractivity contribution in [1.29, 1.82) is 0 Å². The molecule has 2 amide bonds. The average Bonchev–Trinajstić information content (AvgIpc) is 3.28. The first-order valence-electron chi connectivity index (χ1n) is 21.0. The molecular formula is C37H64N2O28. The Bertz CT molecular complexity index is 1590. The third-order valence-electron chi connectivity index (χ3n) is 11.7. The molecule has 0 saturated carbocycles. The smallest absolute Gasteiger partial charge is 0.364 e. The van der Waals surface area contributed by atoms with Gasteiger partial charge in [-0.25, -0.2) is 4.79 Å². The van der Waals surface area contributed by atoms with Gasteiger partial charge in [0.05, 0.1) is 57.3 Å². The summed E-state index contributed by atoms with van der Waals surface area (Å²) in [5.41, 5.74) is 0. The van der Waals surface area contributed by atoms with Crippen LogP contribution < -0.4 is 10.6 Å². The standard InChI is InChI=1S/C37H64N2O28/c1-10-20(49)25(54)27(56)33(61-10)66-32-31(65-34-28(57)26(55)23(52)17(7-42)62-34)24(53)18(8-43)63-35(32)64-29(13(5-40)38-11(2)44)22(51)16(48)9-60-37(36(58)59)4-14(46)19(39-12(3)45)30(67-37)21(50)15(47)6-41/h10,13-35,40-43,46-57H,4-9H2,1-3H3,(H,38,44)(H,39,45)(H,58,59)/t10-,13+,14+,15-,16-,17-,18-,19-,20+,21-,22+,23+,24+,25+,26+,27-,28-,29+,30-,31+,32-,33-,34+,35+,37-/m1/s1. The van der Waals surface area contributed by atoms with Crippen molar-refractivity contribution in [2.75, 3.05) is 33.0 Å². The van der Waals surface area contributed by atoms with Crippen molar-refractivity contribution in [3.05, 3.63) is 0 Å². The lowest BCUT2D eigenvalue weighted by molar-refractivity contribution is -0.396. The maximum Gasteiger partial charge on any atom is 0.364 e. The lowest BCUT2D eigenvalue weighted by Gasteiger charge is -2.50. The van der Waals surface area contributed by atoms with Gasteiger partial charge in [0.15, 0.2) is 18.9 Å². The van der Waals surface area contributed by atoms with Gasteiger partial charge in [-0.15, -0.1) is 0 Å². The summed E-state index contributed by atoms with van der Waals surface area (Å²) in [5, 5.41) is 185. The second-order valence-electron chi connectivity index (χ2n) is 16.6. The topological polar surface area (TPSA) is 493 Å². The number of aliphatic hydroxyl groups is 16. The summed E-state index contributed by atoms with van der Waals surface area (Å²) in [6.07, 6.45) is -45.5. The normalized spacial score (nSPS) is 42.1. The number of ether oxygens (including phenoxy) is 8. The molecule has 0 radical (unpaired) electrons. The number of carbonyl (C=O) groups excluding carboxylic acids is 2. The molecule has 30 nitrogen and oxygen atoms in total. The highest BCUT2D eigenvalue weighted by Crippen LogP contribution is 2.37. The van der Waals surface area contributed by atoms with E-state index in [1.165, 1.54) is 6.92 Å². The second-order valence-corrected chi connectivity index (χ2v) is 16.6. The lowest BCUT2D eigenvalue weighted by Crippen LogP contribution is -2.68. The van der Waals surface area contributed by atoms with Crippen LogP contribution in [0.3, 0.4) is 0 Å². The van der Waals surface area contributed by atoms with Crippen molar-refractivity contribution >= 4 is 17.8 Å². The Labute approximate surface area is 380 Å². The number of aliphatic hydroxyl groups excluding tert-OH is 16. The Morgan fingerprint density at radius 3 is 1.78 bits per heavy atom. The van der Waals surface area contributed by atoms with Crippen molar-refractivity contribution in [2.45, 2.75) is 180 Å². The quantitative estimate of drug-likeness (QED) is 0.0508. The van der Waals surface area contributed by atoms with Crippen LogP contribution in [0.15, 0.2) is 0 Å². The monoisotopic (exact) mass is 984 g/mol. The summed E-state index contributed by atoms with van der Waals surface area (Å²) in [6, 6.07) is -3.42. The SMILES string of the molecule is CC(=O)N[C@H]1[C@H]([C@H](O)[C@H](O)CO)O[C@@](OC[C@@H](O)[C@H](O)[C@@H](O[C@@H]2O[C@H](CO)[C@H](O)[C@H](O[C@@H]3O[C@H](CO)[C@H](O)[C@H](O)[C@H]3O)[C@H]2O[C@H]2O[C@H](C)[C@H](O)[C@H](O)[C@H]2O)[C@H](CO)NC(C)=O)(C(=O)O)C[C@@H]1O. The van der Waals surface area contributed by atoms with Gasteiger partial charge < -0.3 is 135 Å². The van der Waals surface area contributed by atoms with Crippen LogP contribution in [0, 0.1) is 0 Å². The summed E-state index contributed by atoms with van der Waals surface area (Å²) < 4.78 is 45.5. The van der Waals surface area contributed by atoms with Crippen LogP contribution >= 0.6 is 0 Å². The number of rotatable bonds is 21. The van der Waals surface area contributed by atoms with Crippen LogP contribution in [0.2, 0.25) is 0 Å². The lowest BCUT2D eigenvalue weighted by atomic mass is 9.88. The first-order chi connectivity index (χ1) is 31.4. The predicted molar refractivity (Wildman–Crippen MR) is 208 cm³/mol. The fourth-order valence-corrected chi connectivity index (χ4v) is 7.94. The number of hydrogen-bond donors (Lipinski definition) is 19. The Balaban J connectivity index is 1.74. The first kappa shape index (κ1) is 57.0. The first-order valence-corrected chi connectivity index (χ1v) is 21.0. The summed E-state index contributed by atoms with van der Waals surface area (Å²) in [4.78, 5) is 37.1. The van der Waals surface area contributed by atoms with Crippen molar-refractivity contribution < 1.29 is 139 Å². The average molecular weight is 985 g/mol. The van der Waals surface area contributed by atoms with Crippen LogP contribution in [-0.4, -0.2) is 290 Å². The zero-order valence-electron chi connectivity index (χ0n) is 36.2. The van der Waals surface area contributed by atoms with Crippen molar-refractivity contribution in [1.82, 2.24) is 10.6 Å². The Kier molecular flexibility index (Phi) is 20.9. The van der Waals surface area contributed by atoms with Crippen molar-refractivity contribution in [3.8, 4) is 0 Å². The second kappa shape index (κ2) is 24.5. The number of amides is 2. The maximum absolute atomic E-state index is 12.7. The highest BCUT2D eigenvalue weighted by Gasteiger charge is 2.58. The van der Waals surface area contributed by atoms with Crippen LogP contribution in [0.4, 0.5) is 0 Å². The Morgan fingerprint density at radius 1 is 0.687 bits per heavy atom. The van der Waals surface area contributed by atoms with Crippen LogP contribution in [-0.2, 0) is 52.3 Å². The molecule has 30 heteroatoms. The minimum absolute atomic E-state index is 0.802. The van der Waals surface area contributed by atoms with Gasteiger partial charge in [0.1, 0.15) is 104 Å². The van der Waals surface area contributed by atoms with Crippen LogP contribution in [0.25, 0.3) is 0 Å². The number of aliphatic carboxylic acids is 1. The molecule has 4 heterocycles. The minimum Gasteiger partial charge on any atom is -0.477 e. The minimum atomic E-state index is -3.05. The van der Waals surface area contributed by atoms with Crippen LogP contribution in [0.5, 0.6) is 0 Å². The zero-order valence-corrected chi connectivity index (χ0v) is 36.2. The van der Waals surface area contributed by atoms with Gasteiger partial charge in [0.25, 0.3) is 5.79 Å². The molecule has 0 aromatic rings. The largest absolute Gasteiger partial charge is 0.477 e. The molecule has 0 bridgehead atoms. The van der Waals surface area contributed by atoms with E-state index in [2.05, 4.69) is 10.6 Å². The number of carboxylic acids is 1. The number of nitrogens with one attached hydrogen (secondary N) is 2. The molecular weight excluding hydrogens is 920 g/mol. The molecule has 25 atom stereocenters. The van der Waals surface area contributed by atoms with E-state index >= 15 is 0 Å². The Hall–Kier alpha value is -2.55. The van der Waals surface area contributed by atoms with E-state index in [0.29, 0.717) is 0 Å². The highest BCUT2D eigenvalue weighted by atomic mass is 16.8. The number of carboxylic acid groups (broad SMARTS) is 1. The van der Waals surface area contributed by atoms with E-state index in [4.69, 9.17) is 37.9 Å². The zero-order chi connectivity index (χ0) is 50.4. The molecule has 0 unspecified atom stereocenters. The summed E-state index contributed by atoms with van der Waals surface area (Å²) in [6.45, 7) is -2.40. The van der Waals surface area contributed by atoms with Gasteiger partial charge in [-0.2, -0.15) is 0 Å². The molecule has 4 rings (SSSR count). The highest BCUT2D eigenvalue weighted by molar-refractivity contribution is 5.76. The van der Waals surface area contributed by atoms with E-state index in [0.717, 1.165) is 13.8 Å². The molecule has 4 fully saturated rings. The van der Waals surface area contributed by atoms with E-state index in [-0.39, 0.29) is 0 Å². The van der Waals surface area contributed by atoms with Gasteiger partial charge in [-0.1, -0.05) is 0 Å². The van der Waals surface area contributed by atoms with Gasteiger partial charge in [-0.3, -0.25) is 9.59 Å². The van der Waals surface area contributed by atoms with Gasteiger partial charge in [0, 0.05) is 20.3 Å². The van der Waals surface area contributed by atoms with E-state index in [1.807, 2.05) is 0 Å².